The van der Waals surface area contributed by atoms with Crippen LogP contribution in [0.2, 0.25) is 0 Å². The molecular formula is C20H21FN4O3. The Bertz CT molecular complexity index is 1020. The number of nitrogens with one attached hydrogen (secondary N) is 1. The van der Waals surface area contributed by atoms with Gasteiger partial charge in [-0.1, -0.05) is 6.07 Å². The summed E-state index contributed by atoms with van der Waals surface area (Å²) in [4.78, 5) is 24.7. The number of pyridine rings is 1. The van der Waals surface area contributed by atoms with Crippen LogP contribution in [0.4, 0.5) is 10.2 Å². The second kappa shape index (κ2) is 7.75. The van der Waals surface area contributed by atoms with E-state index >= 15 is 0 Å². The molecule has 0 amide bonds. The average molecular weight is 384 g/mol. The Kier molecular flexibility index (Phi) is 5.39. The molecule has 0 fully saturated rings. The van der Waals surface area contributed by atoms with Gasteiger partial charge in [0.2, 0.25) is 0 Å². The van der Waals surface area contributed by atoms with Crippen LogP contribution in [0.15, 0.2) is 36.7 Å². The average Bonchev–Trinajstić information content (AvgIpc) is 2.62. The standard InChI is InChI=1S/C20H21FN4O3/c1-20(2,3)28-17(26)9-12-5-6-13(10-14(12)21)27-15-7-8-23-19-18(15)24-11-16(22-4)25-19/h5-8,10-11H,9H2,1-4H3,(H,22,23,25). The van der Waals surface area contributed by atoms with Crippen LogP contribution in [0.5, 0.6) is 11.5 Å². The lowest BCUT2D eigenvalue weighted by atomic mass is 10.1. The first kappa shape index (κ1) is 19.5. The van der Waals surface area contributed by atoms with Gasteiger partial charge >= 0.3 is 5.97 Å². The first-order chi connectivity index (χ1) is 13.2. The molecule has 0 spiro atoms. The SMILES string of the molecule is CNc1cnc2c(Oc3ccc(CC(=O)OC(C)(C)C)c(F)c3)ccnc2n1. The Morgan fingerprint density at radius 3 is 2.68 bits per heavy atom. The van der Waals surface area contributed by atoms with E-state index in [1.807, 2.05) is 0 Å². The lowest BCUT2D eigenvalue weighted by Crippen LogP contribution is -2.25. The van der Waals surface area contributed by atoms with Crippen molar-refractivity contribution in [2.75, 3.05) is 12.4 Å². The number of ether oxygens (including phenoxy) is 2. The molecule has 146 valence electrons. The van der Waals surface area contributed by atoms with Crippen LogP contribution in [-0.2, 0) is 16.0 Å². The van der Waals surface area contributed by atoms with Gasteiger partial charge in [0.15, 0.2) is 16.9 Å². The number of hydrogen-bond acceptors (Lipinski definition) is 7. The molecule has 8 heteroatoms. The summed E-state index contributed by atoms with van der Waals surface area (Å²) in [5, 5.41) is 2.89. The predicted octanol–water partition coefficient (Wildman–Crippen LogP) is 3.88. The molecule has 0 bridgehead atoms. The number of halogens is 1. The maximum Gasteiger partial charge on any atom is 0.310 e. The van der Waals surface area contributed by atoms with Gasteiger partial charge in [-0.2, -0.15) is 0 Å². The van der Waals surface area contributed by atoms with E-state index in [0.29, 0.717) is 22.7 Å². The first-order valence-electron chi connectivity index (χ1n) is 8.73. The number of carbonyl (C=O) groups excluding carboxylic acids is 1. The van der Waals surface area contributed by atoms with Crippen LogP contribution < -0.4 is 10.1 Å². The fraction of sp³-hybridized carbons (Fsp3) is 0.300. The van der Waals surface area contributed by atoms with E-state index in [4.69, 9.17) is 9.47 Å². The summed E-state index contributed by atoms with van der Waals surface area (Å²) in [6.07, 6.45) is 2.94. The normalized spacial score (nSPS) is 11.3. The Hall–Kier alpha value is -3.29. The van der Waals surface area contributed by atoms with Crippen molar-refractivity contribution in [2.24, 2.45) is 0 Å². The zero-order chi connectivity index (χ0) is 20.3. The molecule has 3 rings (SSSR count). The zero-order valence-corrected chi connectivity index (χ0v) is 16.1. The van der Waals surface area contributed by atoms with E-state index in [2.05, 4.69) is 20.3 Å². The van der Waals surface area contributed by atoms with Crippen molar-refractivity contribution in [3.63, 3.8) is 0 Å². The highest BCUT2D eigenvalue weighted by Gasteiger charge is 2.18. The minimum Gasteiger partial charge on any atom is -0.460 e. The van der Waals surface area contributed by atoms with Gasteiger partial charge in [0.05, 0.1) is 12.6 Å². The number of carbonyl (C=O) groups is 1. The van der Waals surface area contributed by atoms with Crippen LogP contribution in [0.25, 0.3) is 11.2 Å². The highest BCUT2D eigenvalue weighted by molar-refractivity contribution is 5.78. The third kappa shape index (κ3) is 4.70. The Morgan fingerprint density at radius 2 is 2.00 bits per heavy atom. The number of nitrogens with zero attached hydrogens (tertiary/aromatic N) is 3. The third-order valence-electron chi connectivity index (χ3n) is 3.67. The monoisotopic (exact) mass is 384 g/mol. The number of anilines is 1. The fourth-order valence-electron chi connectivity index (χ4n) is 2.50. The molecule has 1 N–H and O–H groups in total. The molecule has 3 aromatic rings. The molecule has 1 aromatic carbocycles. The van der Waals surface area contributed by atoms with Gasteiger partial charge in [-0.3, -0.25) is 4.79 Å². The van der Waals surface area contributed by atoms with E-state index in [1.165, 1.54) is 12.1 Å². The van der Waals surface area contributed by atoms with Crippen LogP contribution in [0.3, 0.4) is 0 Å². The minimum atomic E-state index is -0.618. The molecule has 0 radical (unpaired) electrons. The van der Waals surface area contributed by atoms with Crippen LogP contribution in [0, 0.1) is 5.82 Å². The summed E-state index contributed by atoms with van der Waals surface area (Å²) >= 11 is 0. The summed E-state index contributed by atoms with van der Waals surface area (Å²) in [7, 11) is 1.73. The molecule has 0 aliphatic carbocycles. The van der Waals surface area contributed by atoms with Crippen molar-refractivity contribution >= 4 is 23.0 Å². The predicted molar refractivity (Wildman–Crippen MR) is 103 cm³/mol. The van der Waals surface area contributed by atoms with Gasteiger partial charge < -0.3 is 14.8 Å². The zero-order valence-electron chi connectivity index (χ0n) is 16.1. The molecule has 28 heavy (non-hydrogen) atoms. The Labute approximate surface area is 161 Å². The van der Waals surface area contributed by atoms with Crippen LogP contribution in [-0.4, -0.2) is 33.6 Å². The smallest absolute Gasteiger partial charge is 0.310 e. The number of aromatic nitrogens is 3. The molecule has 0 unspecified atom stereocenters. The lowest BCUT2D eigenvalue weighted by molar-refractivity contribution is -0.153. The maximum atomic E-state index is 14.4. The van der Waals surface area contributed by atoms with Crippen molar-refractivity contribution in [1.29, 1.82) is 0 Å². The highest BCUT2D eigenvalue weighted by atomic mass is 19.1. The first-order valence-corrected chi connectivity index (χ1v) is 8.73. The summed E-state index contributed by atoms with van der Waals surface area (Å²) in [6, 6.07) is 5.94. The molecule has 2 heterocycles. The van der Waals surface area contributed by atoms with Crippen molar-refractivity contribution in [3.05, 3.63) is 48.0 Å². The fourth-order valence-corrected chi connectivity index (χ4v) is 2.50. The van der Waals surface area contributed by atoms with Gasteiger partial charge in [0.25, 0.3) is 0 Å². The summed E-state index contributed by atoms with van der Waals surface area (Å²) in [6.45, 7) is 5.29. The van der Waals surface area contributed by atoms with E-state index in [1.54, 1.807) is 52.3 Å². The van der Waals surface area contributed by atoms with Crippen molar-refractivity contribution < 1.29 is 18.7 Å². The van der Waals surface area contributed by atoms with Crippen LogP contribution in [0.1, 0.15) is 26.3 Å². The van der Waals surface area contributed by atoms with Crippen LogP contribution >= 0.6 is 0 Å². The second-order valence-electron chi connectivity index (χ2n) is 7.11. The minimum absolute atomic E-state index is 0.153. The summed E-state index contributed by atoms with van der Waals surface area (Å²) in [5.74, 6) is 0.215. The largest absolute Gasteiger partial charge is 0.460 e. The van der Waals surface area contributed by atoms with E-state index < -0.39 is 17.4 Å². The van der Waals surface area contributed by atoms with E-state index in [0.717, 1.165) is 0 Å². The third-order valence-corrected chi connectivity index (χ3v) is 3.67. The number of fused-ring (bicyclic) bond motifs is 1. The Balaban J connectivity index is 1.80. The topological polar surface area (TPSA) is 86.2 Å². The number of esters is 1. The molecule has 7 nitrogen and oxygen atoms in total. The van der Waals surface area contributed by atoms with Gasteiger partial charge in [0.1, 0.15) is 23.0 Å². The van der Waals surface area contributed by atoms with Crippen molar-refractivity contribution in [3.8, 4) is 11.5 Å². The maximum absolute atomic E-state index is 14.4. The van der Waals surface area contributed by atoms with E-state index in [9.17, 15) is 9.18 Å². The van der Waals surface area contributed by atoms with Gasteiger partial charge in [-0.25, -0.2) is 19.3 Å². The Morgan fingerprint density at radius 1 is 1.21 bits per heavy atom. The molecule has 0 saturated heterocycles. The molecule has 0 aliphatic rings. The van der Waals surface area contributed by atoms with Crippen molar-refractivity contribution in [2.45, 2.75) is 32.8 Å². The van der Waals surface area contributed by atoms with Gasteiger partial charge in [0, 0.05) is 25.4 Å². The molecular weight excluding hydrogens is 363 g/mol. The highest BCUT2D eigenvalue weighted by Crippen LogP contribution is 2.28. The summed E-state index contributed by atoms with van der Waals surface area (Å²) < 4.78 is 25.4. The number of benzene rings is 1. The molecule has 2 aromatic heterocycles. The molecule has 0 saturated carbocycles. The molecule has 0 aliphatic heterocycles. The quantitative estimate of drug-likeness (QED) is 0.668. The van der Waals surface area contributed by atoms with Gasteiger partial charge in [-0.05, 0) is 32.4 Å². The van der Waals surface area contributed by atoms with Gasteiger partial charge in [-0.15, -0.1) is 0 Å². The number of hydrogen-bond donors (Lipinski definition) is 1. The van der Waals surface area contributed by atoms with Crippen molar-refractivity contribution in [1.82, 2.24) is 15.0 Å². The lowest BCUT2D eigenvalue weighted by Gasteiger charge is -2.19. The van der Waals surface area contributed by atoms with E-state index in [-0.39, 0.29) is 17.7 Å². The molecule has 0 atom stereocenters. The second-order valence-corrected chi connectivity index (χ2v) is 7.11. The summed E-state index contributed by atoms with van der Waals surface area (Å²) in [5.41, 5.74) is 0.485. The number of rotatable bonds is 5.